The van der Waals surface area contributed by atoms with Gasteiger partial charge in [-0.25, -0.2) is 9.97 Å². The number of nitrogens with zero attached hydrogens (tertiary/aromatic N) is 3. The van der Waals surface area contributed by atoms with Crippen molar-refractivity contribution < 1.29 is 4.79 Å². The summed E-state index contributed by atoms with van der Waals surface area (Å²) in [4.78, 5) is 22.8. The number of likely N-dealkylation sites (N-methyl/N-ethyl adjacent to an activating group) is 1. The molecule has 1 amide bonds. The van der Waals surface area contributed by atoms with E-state index in [1.165, 1.54) is 0 Å². The Bertz CT molecular complexity index is 553. The molecule has 0 aliphatic heterocycles. The molecule has 1 aliphatic carbocycles. The normalized spacial score (nSPS) is 15.5. The van der Waals surface area contributed by atoms with Crippen LogP contribution in [0.4, 0.5) is 5.82 Å². The monoisotopic (exact) mass is 310 g/mol. The Labute approximate surface area is 131 Å². The van der Waals surface area contributed by atoms with Crippen LogP contribution in [-0.2, 0) is 17.6 Å². The standard InChI is InChI=1S/C15H23ClN4O/c1-9(13(21)19-15(2,3)4)20(5)12-10-7-6-8-11(10)17-14(16)18-12/h9H,6-8H2,1-5H3,(H,19,21). The molecule has 1 atom stereocenters. The molecular formula is C15H23ClN4O. The lowest BCUT2D eigenvalue weighted by atomic mass is 10.1. The van der Waals surface area contributed by atoms with Crippen molar-refractivity contribution in [2.45, 2.75) is 58.5 Å². The highest BCUT2D eigenvalue weighted by Gasteiger charge is 2.27. The van der Waals surface area contributed by atoms with Gasteiger partial charge in [-0.2, -0.15) is 0 Å². The minimum absolute atomic E-state index is 0.0218. The van der Waals surface area contributed by atoms with E-state index >= 15 is 0 Å². The number of aromatic nitrogens is 2. The van der Waals surface area contributed by atoms with Crippen molar-refractivity contribution in [1.82, 2.24) is 15.3 Å². The Morgan fingerprint density at radius 3 is 2.62 bits per heavy atom. The van der Waals surface area contributed by atoms with E-state index in [1.54, 1.807) is 0 Å². The Kier molecular flexibility index (Phi) is 4.42. The number of halogens is 1. The Morgan fingerprint density at radius 2 is 2.00 bits per heavy atom. The molecule has 2 rings (SSSR count). The topological polar surface area (TPSA) is 58.1 Å². The van der Waals surface area contributed by atoms with Crippen LogP contribution in [0.5, 0.6) is 0 Å². The van der Waals surface area contributed by atoms with Crippen LogP contribution in [0.3, 0.4) is 0 Å². The molecule has 21 heavy (non-hydrogen) atoms. The predicted octanol–water partition coefficient (Wildman–Crippen LogP) is 2.36. The zero-order valence-corrected chi connectivity index (χ0v) is 14.1. The molecule has 6 heteroatoms. The molecule has 1 N–H and O–H groups in total. The Morgan fingerprint density at radius 1 is 1.33 bits per heavy atom. The van der Waals surface area contributed by atoms with Crippen LogP contribution in [0.1, 0.15) is 45.4 Å². The first-order chi connectivity index (χ1) is 9.69. The van der Waals surface area contributed by atoms with Crippen molar-refractivity contribution in [1.29, 1.82) is 0 Å². The maximum Gasteiger partial charge on any atom is 0.242 e. The average molecular weight is 311 g/mol. The van der Waals surface area contributed by atoms with Crippen LogP contribution >= 0.6 is 11.6 Å². The maximum atomic E-state index is 12.3. The minimum atomic E-state index is -0.320. The second-order valence-corrected chi connectivity index (χ2v) is 6.96. The van der Waals surface area contributed by atoms with Gasteiger partial charge in [0.2, 0.25) is 11.2 Å². The molecule has 0 fully saturated rings. The molecule has 1 aromatic rings. The fourth-order valence-corrected chi connectivity index (χ4v) is 2.69. The quantitative estimate of drug-likeness (QED) is 0.871. The van der Waals surface area contributed by atoms with E-state index in [4.69, 9.17) is 11.6 Å². The first-order valence-corrected chi connectivity index (χ1v) is 7.67. The SMILES string of the molecule is CC(C(=O)NC(C)(C)C)N(C)c1nc(Cl)nc2c1CCC2. The second-order valence-electron chi connectivity index (χ2n) is 6.62. The summed E-state index contributed by atoms with van der Waals surface area (Å²) in [5.74, 6) is 0.755. The van der Waals surface area contributed by atoms with Crippen LogP contribution < -0.4 is 10.2 Å². The number of carbonyl (C=O) groups is 1. The summed E-state index contributed by atoms with van der Waals surface area (Å²) in [5.41, 5.74) is 1.88. The average Bonchev–Trinajstić information content (AvgIpc) is 2.81. The summed E-state index contributed by atoms with van der Waals surface area (Å²) in [5, 5.41) is 3.25. The molecule has 0 spiro atoms. The molecule has 0 saturated heterocycles. The van der Waals surface area contributed by atoms with Gasteiger partial charge in [0.25, 0.3) is 0 Å². The molecule has 1 aliphatic rings. The Hall–Kier alpha value is -1.36. The maximum absolute atomic E-state index is 12.3. The van der Waals surface area contributed by atoms with E-state index in [2.05, 4.69) is 15.3 Å². The van der Waals surface area contributed by atoms with Gasteiger partial charge in [-0.05, 0) is 58.6 Å². The number of hydrogen-bond donors (Lipinski definition) is 1. The zero-order valence-electron chi connectivity index (χ0n) is 13.3. The smallest absolute Gasteiger partial charge is 0.242 e. The number of nitrogens with one attached hydrogen (secondary N) is 1. The predicted molar refractivity (Wildman–Crippen MR) is 84.8 cm³/mol. The van der Waals surface area contributed by atoms with E-state index in [0.29, 0.717) is 0 Å². The first kappa shape index (κ1) is 16.0. The van der Waals surface area contributed by atoms with Crippen molar-refractivity contribution in [3.05, 3.63) is 16.5 Å². The van der Waals surface area contributed by atoms with Gasteiger partial charge in [0.15, 0.2) is 0 Å². The van der Waals surface area contributed by atoms with Gasteiger partial charge in [0.05, 0.1) is 5.69 Å². The van der Waals surface area contributed by atoms with Gasteiger partial charge < -0.3 is 10.2 Å². The van der Waals surface area contributed by atoms with E-state index in [9.17, 15) is 4.79 Å². The van der Waals surface area contributed by atoms with Crippen LogP contribution in [0, 0.1) is 0 Å². The van der Waals surface area contributed by atoms with E-state index in [-0.39, 0.29) is 22.8 Å². The van der Waals surface area contributed by atoms with Crippen molar-refractivity contribution in [2.24, 2.45) is 0 Å². The highest BCUT2D eigenvalue weighted by Crippen LogP contribution is 2.30. The summed E-state index contributed by atoms with van der Waals surface area (Å²) in [6.45, 7) is 7.78. The van der Waals surface area contributed by atoms with Crippen LogP contribution in [0.15, 0.2) is 0 Å². The third-order valence-corrected chi connectivity index (χ3v) is 3.85. The van der Waals surface area contributed by atoms with Gasteiger partial charge in [0, 0.05) is 18.2 Å². The lowest BCUT2D eigenvalue weighted by Gasteiger charge is -2.30. The number of aryl methyl sites for hydroxylation is 1. The van der Waals surface area contributed by atoms with Gasteiger partial charge >= 0.3 is 0 Å². The van der Waals surface area contributed by atoms with Gasteiger partial charge in [-0.15, -0.1) is 0 Å². The third kappa shape index (κ3) is 3.64. The highest BCUT2D eigenvalue weighted by atomic mass is 35.5. The number of rotatable bonds is 3. The van der Waals surface area contributed by atoms with E-state index in [1.807, 2.05) is 39.6 Å². The van der Waals surface area contributed by atoms with Crippen LogP contribution in [-0.4, -0.2) is 34.5 Å². The molecule has 5 nitrogen and oxygen atoms in total. The summed E-state index contributed by atoms with van der Waals surface area (Å²) >= 11 is 6.01. The fourth-order valence-electron chi connectivity index (χ4n) is 2.51. The molecule has 1 aromatic heterocycles. The van der Waals surface area contributed by atoms with Crippen molar-refractivity contribution >= 4 is 23.3 Å². The van der Waals surface area contributed by atoms with Gasteiger partial charge in [0.1, 0.15) is 11.9 Å². The molecule has 0 radical (unpaired) electrons. The molecule has 0 aromatic carbocycles. The molecule has 1 heterocycles. The van der Waals surface area contributed by atoms with E-state index < -0.39 is 0 Å². The van der Waals surface area contributed by atoms with E-state index in [0.717, 1.165) is 36.3 Å². The molecule has 0 bridgehead atoms. The van der Waals surface area contributed by atoms with Gasteiger partial charge in [-0.3, -0.25) is 4.79 Å². The minimum Gasteiger partial charge on any atom is -0.350 e. The number of fused-ring (bicyclic) bond motifs is 1. The Balaban J connectivity index is 2.24. The zero-order chi connectivity index (χ0) is 15.8. The fraction of sp³-hybridized carbons (Fsp3) is 0.667. The largest absolute Gasteiger partial charge is 0.350 e. The first-order valence-electron chi connectivity index (χ1n) is 7.29. The number of anilines is 1. The molecule has 1 unspecified atom stereocenters. The van der Waals surface area contributed by atoms with Gasteiger partial charge in [-0.1, -0.05) is 0 Å². The molecule has 116 valence electrons. The third-order valence-electron chi connectivity index (χ3n) is 3.68. The number of hydrogen-bond acceptors (Lipinski definition) is 4. The van der Waals surface area contributed by atoms with Crippen LogP contribution in [0.2, 0.25) is 5.28 Å². The highest BCUT2D eigenvalue weighted by molar-refractivity contribution is 6.28. The van der Waals surface area contributed by atoms with Crippen LogP contribution in [0.25, 0.3) is 0 Å². The number of carbonyl (C=O) groups excluding carboxylic acids is 1. The summed E-state index contributed by atoms with van der Waals surface area (Å²) in [6.07, 6.45) is 2.94. The summed E-state index contributed by atoms with van der Waals surface area (Å²) in [6, 6.07) is -0.320. The van der Waals surface area contributed by atoms with Crippen molar-refractivity contribution in [3.8, 4) is 0 Å². The number of amides is 1. The second kappa shape index (κ2) is 5.79. The van der Waals surface area contributed by atoms with Crippen molar-refractivity contribution in [3.63, 3.8) is 0 Å². The lowest BCUT2D eigenvalue weighted by Crippen LogP contribution is -2.50. The molecular weight excluding hydrogens is 288 g/mol. The lowest BCUT2D eigenvalue weighted by molar-refractivity contribution is -0.123. The van der Waals surface area contributed by atoms with Crippen molar-refractivity contribution in [2.75, 3.05) is 11.9 Å². The summed E-state index contributed by atoms with van der Waals surface area (Å²) in [7, 11) is 1.88. The summed E-state index contributed by atoms with van der Waals surface area (Å²) < 4.78 is 0. The molecule has 0 saturated carbocycles.